The van der Waals surface area contributed by atoms with E-state index in [4.69, 9.17) is 27.9 Å². The third kappa shape index (κ3) is 4.61. The van der Waals surface area contributed by atoms with Crippen LogP contribution in [-0.4, -0.2) is 19.7 Å². The molecule has 0 saturated heterocycles. The molecular formula is C17H18Cl2N2O2. The number of carbonyl (C=O) groups is 1. The average molecular weight is 353 g/mol. The molecular weight excluding hydrogens is 335 g/mol. The van der Waals surface area contributed by atoms with Crippen LogP contribution in [0.25, 0.3) is 0 Å². The highest BCUT2D eigenvalue weighted by Crippen LogP contribution is 2.26. The molecule has 122 valence electrons. The zero-order valence-electron chi connectivity index (χ0n) is 12.9. The van der Waals surface area contributed by atoms with Gasteiger partial charge in [-0.15, -0.1) is 0 Å². The molecule has 6 heteroatoms. The minimum Gasteiger partial charge on any atom is -0.372 e. The van der Waals surface area contributed by atoms with Crippen LogP contribution in [0, 0.1) is 0 Å². The van der Waals surface area contributed by atoms with Crippen molar-refractivity contribution < 1.29 is 9.53 Å². The topological polar surface area (TPSA) is 50.4 Å². The fourth-order valence-corrected chi connectivity index (χ4v) is 2.46. The fourth-order valence-electron chi connectivity index (χ4n) is 2.09. The molecule has 23 heavy (non-hydrogen) atoms. The number of ether oxygens (including phenoxy) is 1. The highest BCUT2D eigenvalue weighted by atomic mass is 35.5. The number of rotatable bonds is 5. The van der Waals surface area contributed by atoms with Crippen molar-refractivity contribution in [1.29, 1.82) is 0 Å². The van der Waals surface area contributed by atoms with Gasteiger partial charge in [0, 0.05) is 12.1 Å². The van der Waals surface area contributed by atoms with Crippen LogP contribution in [-0.2, 0) is 10.3 Å². The van der Waals surface area contributed by atoms with E-state index in [1.165, 1.54) is 0 Å². The summed E-state index contributed by atoms with van der Waals surface area (Å²) in [5.41, 5.74) is 0.738. The monoisotopic (exact) mass is 352 g/mol. The summed E-state index contributed by atoms with van der Waals surface area (Å²) in [6.45, 7) is 2.16. The predicted octanol–water partition coefficient (Wildman–Crippen LogP) is 4.68. The van der Waals surface area contributed by atoms with Gasteiger partial charge in [0.05, 0.1) is 17.3 Å². The number of benzene rings is 2. The number of hydrogen-bond acceptors (Lipinski definition) is 2. The molecule has 0 aliphatic rings. The first-order chi connectivity index (χ1) is 10.9. The molecule has 0 fully saturated rings. The van der Waals surface area contributed by atoms with E-state index in [-0.39, 0.29) is 12.6 Å². The number of halogens is 2. The number of urea groups is 1. The van der Waals surface area contributed by atoms with Gasteiger partial charge in [-0.05, 0) is 36.8 Å². The normalized spacial score (nSPS) is 13.2. The largest absolute Gasteiger partial charge is 0.372 e. The van der Waals surface area contributed by atoms with E-state index >= 15 is 0 Å². The van der Waals surface area contributed by atoms with Crippen molar-refractivity contribution in [3.63, 3.8) is 0 Å². The number of carbonyl (C=O) groups excluding carboxylic acids is 1. The Morgan fingerprint density at radius 1 is 1.17 bits per heavy atom. The van der Waals surface area contributed by atoms with Gasteiger partial charge in [0.15, 0.2) is 0 Å². The molecule has 0 aromatic heterocycles. The van der Waals surface area contributed by atoms with Crippen molar-refractivity contribution in [2.45, 2.75) is 12.5 Å². The van der Waals surface area contributed by atoms with Gasteiger partial charge in [-0.1, -0.05) is 47.5 Å². The SMILES string of the molecule is CO[C@](C)(CNC(=O)Nc1ccccc1Cl)c1cccc(Cl)c1. The number of hydrogen-bond donors (Lipinski definition) is 2. The van der Waals surface area contributed by atoms with E-state index in [0.717, 1.165) is 5.56 Å². The zero-order chi connectivity index (χ0) is 16.9. The van der Waals surface area contributed by atoms with E-state index in [2.05, 4.69) is 10.6 Å². The van der Waals surface area contributed by atoms with Crippen LogP contribution in [0.4, 0.5) is 10.5 Å². The van der Waals surface area contributed by atoms with Crippen LogP contribution in [0.15, 0.2) is 48.5 Å². The zero-order valence-corrected chi connectivity index (χ0v) is 14.4. The summed E-state index contributed by atoms with van der Waals surface area (Å²) in [7, 11) is 1.59. The lowest BCUT2D eigenvalue weighted by Gasteiger charge is -2.29. The van der Waals surface area contributed by atoms with Crippen molar-refractivity contribution >= 4 is 34.9 Å². The highest BCUT2D eigenvalue weighted by Gasteiger charge is 2.27. The smallest absolute Gasteiger partial charge is 0.319 e. The second-order valence-electron chi connectivity index (χ2n) is 5.23. The van der Waals surface area contributed by atoms with E-state index in [1.807, 2.05) is 25.1 Å². The van der Waals surface area contributed by atoms with E-state index < -0.39 is 5.60 Å². The van der Waals surface area contributed by atoms with Crippen LogP contribution in [0.2, 0.25) is 10.0 Å². The molecule has 0 spiro atoms. The maximum Gasteiger partial charge on any atom is 0.319 e. The van der Waals surface area contributed by atoms with Gasteiger partial charge < -0.3 is 15.4 Å². The minimum absolute atomic E-state index is 0.278. The molecule has 0 bridgehead atoms. The first-order valence-corrected chi connectivity index (χ1v) is 7.81. The number of anilines is 1. The first-order valence-electron chi connectivity index (χ1n) is 7.05. The molecule has 0 aliphatic carbocycles. The standard InChI is InChI=1S/C17H18Cl2N2O2/c1-17(23-2,12-6-5-7-13(18)10-12)11-20-16(22)21-15-9-4-3-8-14(15)19/h3-10H,11H2,1-2H3,(H2,20,21,22)/t17-/m1/s1. The van der Waals surface area contributed by atoms with Crippen LogP contribution < -0.4 is 10.6 Å². The van der Waals surface area contributed by atoms with Crippen molar-refractivity contribution in [1.82, 2.24) is 5.32 Å². The second-order valence-corrected chi connectivity index (χ2v) is 6.08. The Kier molecular flexibility index (Phi) is 5.88. The summed E-state index contributed by atoms with van der Waals surface area (Å²) < 4.78 is 5.58. The fraction of sp³-hybridized carbons (Fsp3) is 0.235. The Morgan fingerprint density at radius 3 is 2.57 bits per heavy atom. The van der Waals surface area contributed by atoms with Crippen LogP contribution >= 0.6 is 23.2 Å². The molecule has 1 atom stereocenters. The van der Waals surface area contributed by atoms with Crippen LogP contribution in [0.5, 0.6) is 0 Å². The van der Waals surface area contributed by atoms with E-state index in [9.17, 15) is 4.79 Å². The van der Waals surface area contributed by atoms with Gasteiger partial charge >= 0.3 is 6.03 Å². The van der Waals surface area contributed by atoms with Gasteiger partial charge in [-0.2, -0.15) is 0 Å². The van der Waals surface area contributed by atoms with E-state index in [0.29, 0.717) is 15.7 Å². The number of para-hydroxylation sites is 1. The average Bonchev–Trinajstić information content (AvgIpc) is 2.55. The van der Waals surface area contributed by atoms with Gasteiger partial charge in [0.25, 0.3) is 0 Å². The molecule has 0 radical (unpaired) electrons. The maximum absolute atomic E-state index is 12.1. The molecule has 2 N–H and O–H groups in total. The summed E-state index contributed by atoms with van der Waals surface area (Å²) in [4.78, 5) is 12.1. The molecule has 0 unspecified atom stereocenters. The quantitative estimate of drug-likeness (QED) is 0.820. The number of methoxy groups -OCH3 is 1. The van der Waals surface area contributed by atoms with Crippen molar-refractivity contribution in [3.05, 3.63) is 64.1 Å². The second kappa shape index (κ2) is 7.68. The summed E-state index contributed by atoms with van der Waals surface area (Å²) in [6, 6.07) is 14.0. The van der Waals surface area contributed by atoms with Gasteiger partial charge in [-0.25, -0.2) is 4.79 Å². The Hall–Kier alpha value is -1.75. The first kappa shape index (κ1) is 17.6. The Labute approximate surface area is 145 Å². The van der Waals surface area contributed by atoms with Crippen molar-refractivity contribution in [2.24, 2.45) is 0 Å². The molecule has 0 saturated carbocycles. The molecule has 2 rings (SSSR count). The van der Waals surface area contributed by atoms with E-state index in [1.54, 1.807) is 37.4 Å². The summed E-state index contributed by atoms with van der Waals surface area (Å²) in [5, 5.41) is 6.59. The third-order valence-electron chi connectivity index (χ3n) is 3.59. The lowest BCUT2D eigenvalue weighted by Crippen LogP contribution is -2.41. The molecule has 0 aliphatic heterocycles. The molecule has 0 heterocycles. The third-order valence-corrected chi connectivity index (χ3v) is 4.16. The predicted molar refractivity (Wildman–Crippen MR) is 94.3 cm³/mol. The minimum atomic E-state index is -0.692. The maximum atomic E-state index is 12.1. The summed E-state index contributed by atoms with van der Waals surface area (Å²) in [5.74, 6) is 0. The summed E-state index contributed by atoms with van der Waals surface area (Å²) >= 11 is 12.0. The number of amides is 2. The Morgan fingerprint density at radius 2 is 1.91 bits per heavy atom. The molecule has 4 nitrogen and oxygen atoms in total. The van der Waals surface area contributed by atoms with Crippen molar-refractivity contribution in [3.8, 4) is 0 Å². The highest BCUT2D eigenvalue weighted by molar-refractivity contribution is 6.33. The van der Waals surface area contributed by atoms with Gasteiger partial charge in [0.1, 0.15) is 5.60 Å². The van der Waals surface area contributed by atoms with Crippen LogP contribution in [0.3, 0.4) is 0 Å². The lowest BCUT2D eigenvalue weighted by molar-refractivity contribution is 0.00521. The van der Waals surface area contributed by atoms with Crippen molar-refractivity contribution in [2.75, 3.05) is 19.0 Å². The van der Waals surface area contributed by atoms with Crippen LogP contribution in [0.1, 0.15) is 12.5 Å². The number of nitrogens with one attached hydrogen (secondary N) is 2. The molecule has 2 aromatic carbocycles. The summed E-state index contributed by atoms with van der Waals surface area (Å²) in [6.07, 6.45) is 0. The molecule has 2 aromatic rings. The van der Waals surface area contributed by atoms with Gasteiger partial charge in [0.2, 0.25) is 0 Å². The van der Waals surface area contributed by atoms with Gasteiger partial charge in [-0.3, -0.25) is 0 Å². The lowest BCUT2D eigenvalue weighted by atomic mass is 9.96. The Balaban J connectivity index is 2.02. The Bertz CT molecular complexity index is 694. The molecule has 2 amide bonds.